The van der Waals surface area contributed by atoms with Crippen LogP contribution < -0.4 is 5.32 Å². The van der Waals surface area contributed by atoms with Crippen LogP contribution in [0.2, 0.25) is 0 Å². The maximum Gasteiger partial charge on any atom is 0.00823 e. The smallest absolute Gasteiger partial charge is 0.00823 e. The van der Waals surface area contributed by atoms with Gasteiger partial charge < -0.3 is 10.2 Å². The van der Waals surface area contributed by atoms with Crippen molar-refractivity contribution in [2.45, 2.75) is 65.0 Å². The van der Waals surface area contributed by atoms with Gasteiger partial charge in [-0.15, -0.1) is 0 Å². The molecule has 2 atom stereocenters. The minimum atomic E-state index is 0.564. The molecule has 1 fully saturated rings. The number of nitrogens with zero attached hydrogens (tertiary/aromatic N) is 1. The van der Waals surface area contributed by atoms with Gasteiger partial charge in [-0.3, -0.25) is 0 Å². The van der Waals surface area contributed by atoms with Gasteiger partial charge in [-0.25, -0.2) is 0 Å². The summed E-state index contributed by atoms with van der Waals surface area (Å²) in [6.07, 6.45) is 6.40. The molecule has 0 bridgehead atoms. The number of aryl methyl sites for hydroxylation is 1. The lowest BCUT2D eigenvalue weighted by Crippen LogP contribution is -2.38. The first-order valence-corrected chi connectivity index (χ1v) is 8.72. The van der Waals surface area contributed by atoms with E-state index in [-0.39, 0.29) is 0 Å². The van der Waals surface area contributed by atoms with E-state index in [1.54, 1.807) is 0 Å². The van der Waals surface area contributed by atoms with E-state index in [0.29, 0.717) is 12.1 Å². The zero-order chi connectivity index (χ0) is 15.1. The van der Waals surface area contributed by atoms with Crippen LogP contribution in [0.15, 0.2) is 24.3 Å². The second-order valence-electron chi connectivity index (χ2n) is 6.67. The SMILES string of the molecule is CCCN1CCCC(NC(C)Cc2ccccc2C)CC1. The molecule has 1 N–H and O–H groups in total. The Kier molecular flexibility index (Phi) is 6.72. The van der Waals surface area contributed by atoms with Gasteiger partial charge in [0.15, 0.2) is 0 Å². The normalized spacial score (nSPS) is 22.0. The van der Waals surface area contributed by atoms with E-state index in [0.717, 1.165) is 6.42 Å². The zero-order valence-corrected chi connectivity index (χ0v) is 14.1. The minimum absolute atomic E-state index is 0.564. The van der Waals surface area contributed by atoms with Crippen LogP contribution in [0.3, 0.4) is 0 Å². The first kappa shape index (κ1) is 16.5. The van der Waals surface area contributed by atoms with Gasteiger partial charge >= 0.3 is 0 Å². The van der Waals surface area contributed by atoms with Gasteiger partial charge in [0.2, 0.25) is 0 Å². The van der Waals surface area contributed by atoms with Crippen LogP contribution >= 0.6 is 0 Å². The summed E-state index contributed by atoms with van der Waals surface area (Å²) in [5.74, 6) is 0. The van der Waals surface area contributed by atoms with Gasteiger partial charge in [0, 0.05) is 12.1 Å². The second-order valence-corrected chi connectivity index (χ2v) is 6.67. The van der Waals surface area contributed by atoms with E-state index in [1.165, 1.54) is 56.4 Å². The van der Waals surface area contributed by atoms with Crippen LogP contribution in [0.1, 0.15) is 50.7 Å². The van der Waals surface area contributed by atoms with E-state index in [4.69, 9.17) is 0 Å². The number of benzene rings is 1. The summed E-state index contributed by atoms with van der Waals surface area (Å²) in [5.41, 5.74) is 2.90. The van der Waals surface area contributed by atoms with Crippen molar-refractivity contribution >= 4 is 0 Å². The van der Waals surface area contributed by atoms with Crippen molar-refractivity contribution in [3.63, 3.8) is 0 Å². The van der Waals surface area contributed by atoms with Crippen molar-refractivity contribution in [3.8, 4) is 0 Å². The summed E-state index contributed by atoms with van der Waals surface area (Å²) in [6.45, 7) is 10.7. The molecule has 1 aromatic carbocycles. The molecule has 0 saturated carbocycles. The fourth-order valence-corrected chi connectivity index (χ4v) is 3.49. The van der Waals surface area contributed by atoms with Gasteiger partial charge in [0.1, 0.15) is 0 Å². The molecule has 2 heteroatoms. The molecule has 2 nitrogen and oxygen atoms in total. The predicted molar refractivity (Wildman–Crippen MR) is 91.9 cm³/mol. The van der Waals surface area contributed by atoms with Crippen LogP contribution in [0, 0.1) is 6.92 Å². The number of hydrogen-bond donors (Lipinski definition) is 1. The third-order valence-corrected chi connectivity index (χ3v) is 4.67. The van der Waals surface area contributed by atoms with Crippen LogP contribution in [0.4, 0.5) is 0 Å². The Morgan fingerprint density at radius 2 is 2.05 bits per heavy atom. The van der Waals surface area contributed by atoms with Crippen molar-refractivity contribution in [2.75, 3.05) is 19.6 Å². The lowest BCUT2D eigenvalue weighted by atomic mass is 10.0. The maximum absolute atomic E-state index is 3.87. The highest BCUT2D eigenvalue weighted by atomic mass is 15.1. The highest BCUT2D eigenvalue weighted by Gasteiger charge is 2.18. The van der Waals surface area contributed by atoms with Gasteiger partial charge in [-0.1, -0.05) is 31.2 Å². The van der Waals surface area contributed by atoms with Crippen molar-refractivity contribution in [1.29, 1.82) is 0 Å². The Bertz CT molecular complexity index is 416. The zero-order valence-electron chi connectivity index (χ0n) is 14.1. The molecular weight excluding hydrogens is 256 g/mol. The summed E-state index contributed by atoms with van der Waals surface area (Å²) in [4.78, 5) is 2.63. The molecule has 1 heterocycles. The summed E-state index contributed by atoms with van der Waals surface area (Å²) in [7, 11) is 0. The Hall–Kier alpha value is -0.860. The standard InChI is InChI=1S/C19H32N2/c1-4-12-21-13-7-10-19(11-14-21)20-17(3)15-18-9-6-5-8-16(18)2/h5-6,8-9,17,19-20H,4,7,10-15H2,1-3H3. The number of rotatable bonds is 6. The molecule has 2 rings (SSSR count). The molecule has 0 radical (unpaired) electrons. The van der Waals surface area contributed by atoms with E-state index in [2.05, 4.69) is 55.3 Å². The fourth-order valence-electron chi connectivity index (χ4n) is 3.49. The van der Waals surface area contributed by atoms with Crippen LogP contribution in [0.25, 0.3) is 0 Å². The Morgan fingerprint density at radius 1 is 1.24 bits per heavy atom. The first-order valence-electron chi connectivity index (χ1n) is 8.72. The highest BCUT2D eigenvalue weighted by molar-refractivity contribution is 5.26. The molecule has 1 aromatic rings. The lowest BCUT2D eigenvalue weighted by Gasteiger charge is -2.23. The van der Waals surface area contributed by atoms with Gasteiger partial charge in [0.25, 0.3) is 0 Å². The third kappa shape index (κ3) is 5.44. The van der Waals surface area contributed by atoms with E-state index in [1.807, 2.05) is 0 Å². The van der Waals surface area contributed by atoms with Crippen molar-refractivity contribution in [2.24, 2.45) is 0 Å². The van der Waals surface area contributed by atoms with Crippen molar-refractivity contribution in [1.82, 2.24) is 10.2 Å². The minimum Gasteiger partial charge on any atom is -0.311 e. The van der Waals surface area contributed by atoms with Crippen LogP contribution in [-0.4, -0.2) is 36.6 Å². The summed E-state index contributed by atoms with van der Waals surface area (Å²) < 4.78 is 0. The summed E-state index contributed by atoms with van der Waals surface area (Å²) in [6, 6.07) is 10.0. The molecule has 1 saturated heterocycles. The molecule has 1 aliphatic heterocycles. The molecule has 0 spiro atoms. The number of hydrogen-bond acceptors (Lipinski definition) is 2. The maximum atomic E-state index is 3.87. The fraction of sp³-hybridized carbons (Fsp3) is 0.684. The van der Waals surface area contributed by atoms with Crippen LogP contribution in [0.5, 0.6) is 0 Å². The second kappa shape index (κ2) is 8.55. The Balaban J connectivity index is 1.80. The third-order valence-electron chi connectivity index (χ3n) is 4.67. The Labute approximate surface area is 130 Å². The molecule has 2 unspecified atom stereocenters. The summed E-state index contributed by atoms with van der Waals surface area (Å²) >= 11 is 0. The topological polar surface area (TPSA) is 15.3 Å². The van der Waals surface area contributed by atoms with E-state index in [9.17, 15) is 0 Å². The van der Waals surface area contributed by atoms with Gasteiger partial charge in [-0.2, -0.15) is 0 Å². The van der Waals surface area contributed by atoms with E-state index >= 15 is 0 Å². The molecule has 1 aliphatic rings. The largest absolute Gasteiger partial charge is 0.311 e. The molecule has 0 amide bonds. The quantitative estimate of drug-likeness (QED) is 0.857. The average Bonchev–Trinajstić information content (AvgIpc) is 2.67. The average molecular weight is 288 g/mol. The monoisotopic (exact) mass is 288 g/mol. The first-order chi connectivity index (χ1) is 10.2. The van der Waals surface area contributed by atoms with Gasteiger partial charge in [-0.05, 0) is 76.7 Å². The number of nitrogens with one attached hydrogen (secondary N) is 1. The molecule has 0 aromatic heterocycles. The summed E-state index contributed by atoms with van der Waals surface area (Å²) in [5, 5.41) is 3.87. The number of likely N-dealkylation sites (tertiary alicyclic amines) is 1. The molecule has 118 valence electrons. The van der Waals surface area contributed by atoms with Crippen molar-refractivity contribution in [3.05, 3.63) is 35.4 Å². The lowest BCUT2D eigenvalue weighted by molar-refractivity contribution is 0.281. The van der Waals surface area contributed by atoms with Gasteiger partial charge in [0.05, 0.1) is 0 Å². The molecule has 21 heavy (non-hydrogen) atoms. The van der Waals surface area contributed by atoms with Crippen LogP contribution in [-0.2, 0) is 6.42 Å². The van der Waals surface area contributed by atoms with Crippen molar-refractivity contribution < 1.29 is 0 Å². The predicted octanol–water partition coefficient (Wildman–Crippen LogP) is 3.78. The molecular formula is C19H32N2. The Morgan fingerprint density at radius 3 is 2.81 bits per heavy atom. The molecule has 0 aliphatic carbocycles. The van der Waals surface area contributed by atoms with E-state index < -0.39 is 0 Å². The highest BCUT2D eigenvalue weighted by Crippen LogP contribution is 2.14.